The van der Waals surface area contributed by atoms with Crippen LogP contribution in [0.4, 0.5) is 11.9 Å². The lowest BCUT2D eigenvalue weighted by molar-refractivity contribution is -0.746. The second-order valence-corrected chi connectivity index (χ2v) is 21.4. The molecule has 0 spiro atoms. The molecule has 0 saturated carbocycles. The molecule has 0 aliphatic carbocycles. The SMILES string of the molecule is CCN(CC)CC.CO[C@@H]1[C@H](O)[C@@H](COP(=O)(O)CP(=O)(O)OP(=O)(O)OP(=O)(O)OC[C@H]2O[C@@H](n3cnc4c(=O)[nH]c(N)nc43)[C@H](O)[C@@H]2O)O[C@H]1[n+]1cn(C)c2c([O-])nc(N)nc21. The fraction of sp³-hybridized carbons (Fsp3) is 0.655. The lowest BCUT2D eigenvalue weighted by atomic mass is 10.1. The van der Waals surface area contributed by atoms with E-state index in [0.29, 0.717) is 0 Å². The summed E-state index contributed by atoms with van der Waals surface area (Å²) in [7, 11) is -20.2. The van der Waals surface area contributed by atoms with Gasteiger partial charge >= 0.3 is 36.5 Å². The number of H-pyrrole nitrogens is 1. The highest BCUT2D eigenvalue weighted by molar-refractivity contribution is 7.75. The molecule has 4 unspecified atom stereocenters. The Labute approximate surface area is 361 Å². The Balaban J connectivity index is 0.00000102. The monoisotopic (exact) mass is 995 g/mol. The first-order valence-corrected chi connectivity index (χ1v) is 25.3. The maximum atomic E-state index is 12.8. The number of nitrogens with one attached hydrogen (secondary N) is 1. The van der Waals surface area contributed by atoms with Crippen molar-refractivity contribution in [1.82, 2.24) is 39.0 Å². The number of phosphoric acid groups is 2. The number of nitrogen functional groups attached to an aromatic ring is 2. The number of ether oxygens (including phenoxy) is 3. The number of aryl methyl sites for hydroxylation is 1. The van der Waals surface area contributed by atoms with Gasteiger partial charge in [-0.3, -0.25) is 32.6 Å². The molecule has 0 bridgehead atoms. The zero-order chi connectivity index (χ0) is 47.7. The van der Waals surface area contributed by atoms with Crippen molar-refractivity contribution in [2.24, 2.45) is 7.05 Å². The van der Waals surface area contributed by atoms with E-state index in [9.17, 15) is 63.1 Å². The summed E-state index contributed by atoms with van der Waals surface area (Å²) in [6, 6.07) is 0. The molecule has 64 heavy (non-hydrogen) atoms. The van der Waals surface area contributed by atoms with Crippen molar-refractivity contribution in [1.29, 1.82) is 0 Å². The van der Waals surface area contributed by atoms with Gasteiger partial charge in [0, 0.05) is 13.0 Å². The Morgan fingerprint density at radius 2 is 1.52 bits per heavy atom. The molecule has 2 aliphatic heterocycles. The minimum Gasteiger partial charge on any atom is -0.856 e. The average Bonchev–Trinajstić information content (AvgIpc) is 3.91. The largest absolute Gasteiger partial charge is 0.856 e. The molecule has 4 aromatic rings. The van der Waals surface area contributed by atoms with Gasteiger partial charge in [0.1, 0.15) is 36.6 Å². The van der Waals surface area contributed by atoms with Crippen molar-refractivity contribution in [3.8, 4) is 5.88 Å². The van der Waals surface area contributed by atoms with Crippen LogP contribution in [-0.4, -0.2) is 156 Å². The number of hydrogen-bond donors (Lipinski definition) is 10. The molecule has 2 saturated heterocycles. The summed E-state index contributed by atoms with van der Waals surface area (Å²) in [4.78, 5) is 72.5. The summed E-state index contributed by atoms with van der Waals surface area (Å²) in [5.41, 5.74) is 10.0. The predicted octanol–water partition coefficient (Wildman–Crippen LogP) is -2.54. The topological polar surface area (TPSA) is 451 Å². The van der Waals surface area contributed by atoms with Gasteiger partial charge in [0.25, 0.3) is 11.5 Å². The number of phosphoric ester groups is 1. The van der Waals surface area contributed by atoms with E-state index >= 15 is 0 Å². The maximum Gasteiger partial charge on any atom is 0.488 e. The van der Waals surface area contributed by atoms with Gasteiger partial charge in [0.15, 0.2) is 35.1 Å². The summed E-state index contributed by atoms with van der Waals surface area (Å²) in [6.07, 6.45) is -9.99. The molecule has 2 fully saturated rings. The van der Waals surface area contributed by atoms with E-state index in [-0.39, 0.29) is 34.2 Å². The predicted molar refractivity (Wildman–Crippen MR) is 213 cm³/mol. The number of fused-ring (bicyclic) bond motifs is 2. The molecule has 35 heteroatoms. The molecule has 360 valence electrons. The fourth-order valence-electron chi connectivity index (χ4n) is 6.62. The minimum absolute atomic E-state index is 0.00453. The number of anilines is 2. The molecular formula is C29H49N11O20P4. The van der Waals surface area contributed by atoms with Crippen LogP contribution in [0.25, 0.3) is 22.3 Å². The number of aliphatic hydroxyl groups is 3. The van der Waals surface area contributed by atoms with Gasteiger partial charge in [-0.25, -0.2) is 28.0 Å². The Morgan fingerprint density at radius 1 is 0.891 bits per heavy atom. The van der Waals surface area contributed by atoms with Crippen LogP contribution < -0.4 is 26.7 Å². The molecule has 0 aromatic carbocycles. The standard InChI is InChI=1S/C23H34N10O20P4.C6H15N/c1-31-6-33(17-11(31)19(38)30-23(25)28-17)21-15(47-2)13(35)9(51-21)3-48-54(39,40)7-55(41,42)52-57(45,46)53-56(43,44)49-4-8-12(34)14(36)20(50-8)32-5-26-10-16(32)27-22(24)29-18(10)37;1-4-7(5-2)6-3/h5-6,8-9,12-15,20-21,34-36H,3-4,7H2,1-2H3,(H9-,24,25,27,28,29,30,37,38,39,40,41,42,43,44,45,46);4-6H2,1-3H3/t8-,9-,12-,13-,14-,15-,20-,21-;/m1./s1. The van der Waals surface area contributed by atoms with Gasteiger partial charge in [-0.15, -0.1) is 0 Å². The highest BCUT2D eigenvalue weighted by Gasteiger charge is 2.51. The second-order valence-electron chi connectivity index (χ2n) is 14.0. The van der Waals surface area contributed by atoms with Gasteiger partial charge in [-0.05, 0) is 19.6 Å². The number of aliphatic hydroxyl groups excluding tert-OH is 3. The number of aromatic nitrogens is 8. The van der Waals surface area contributed by atoms with E-state index < -0.39 is 110 Å². The van der Waals surface area contributed by atoms with Crippen molar-refractivity contribution in [3.63, 3.8) is 0 Å². The van der Waals surface area contributed by atoms with Crippen LogP contribution >= 0.6 is 30.8 Å². The Kier molecular flexibility index (Phi) is 16.3. The van der Waals surface area contributed by atoms with Gasteiger partial charge < -0.3 is 75.1 Å². The third kappa shape index (κ3) is 11.9. The summed E-state index contributed by atoms with van der Waals surface area (Å²) < 4.78 is 88.1. The third-order valence-corrected chi connectivity index (χ3v) is 17.0. The summed E-state index contributed by atoms with van der Waals surface area (Å²) in [5.74, 6) is -3.33. The van der Waals surface area contributed by atoms with E-state index in [0.717, 1.165) is 10.9 Å². The van der Waals surface area contributed by atoms with Crippen LogP contribution in [0.1, 0.15) is 33.2 Å². The number of hydrogen-bond acceptors (Lipinski definition) is 23. The molecule has 12 atom stereocenters. The average molecular weight is 996 g/mol. The van der Waals surface area contributed by atoms with Crippen LogP contribution in [0, 0.1) is 0 Å². The number of aromatic amines is 1. The maximum absolute atomic E-state index is 12.8. The summed E-state index contributed by atoms with van der Waals surface area (Å²) in [5, 5.41) is 44.2. The van der Waals surface area contributed by atoms with Crippen LogP contribution in [0.5, 0.6) is 5.88 Å². The Morgan fingerprint density at radius 3 is 2.12 bits per heavy atom. The smallest absolute Gasteiger partial charge is 0.488 e. The van der Waals surface area contributed by atoms with E-state index in [1.807, 2.05) is 0 Å². The van der Waals surface area contributed by atoms with Crippen molar-refractivity contribution in [3.05, 3.63) is 23.0 Å². The fourth-order valence-corrected chi connectivity index (χ4v) is 13.1. The molecule has 6 rings (SSSR count). The second kappa shape index (κ2) is 20.2. The van der Waals surface area contributed by atoms with E-state index in [1.165, 1.54) is 49.3 Å². The molecule has 0 amide bonds. The molecule has 0 radical (unpaired) electrons. The van der Waals surface area contributed by atoms with Crippen molar-refractivity contribution in [2.45, 2.75) is 69.9 Å². The Bertz CT molecular complexity index is 2540. The van der Waals surface area contributed by atoms with E-state index in [4.69, 9.17) is 30.2 Å². The molecule has 4 aromatic heterocycles. The molecule has 31 nitrogen and oxygen atoms in total. The zero-order valence-electron chi connectivity index (χ0n) is 34.5. The summed E-state index contributed by atoms with van der Waals surface area (Å²) in [6.45, 7) is 8.03. The van der Waals surface area contributed by atoms with Crippen LogP contribution in [0.3, 0.4) is 0 Å². The van der Waals surface area contributed by atoms with Crippen molar-refractivity contribution < 1.29 is 94.7 Å². The first-order chi connectivity index (χ1) is 29.8. The zero-order valence-corrected chi connectivity index (χ0v) is 38.1. The quantitative estimate of drug-likeness (QED) is 0.0363. The van der Waals surface area contributed by atoms with Crippen LogP contribution in [0.15, 0.2) is 17.4 Å². The lowest BCUT2D eigenvalue weighted by Crippen LogP contribution is -2.46. The van der Waals surface area contributed by atoms with Crippen LogP contribution in [-0.2, 0) is 57.2 Å². The summed E-state index contributed by atoms with van der Waals surface area (Å²) >= 11 is 0. The van der Waals surface area contributed by atoms with Crippen molar-refractivity contribution in [2.75, 3.05) is 57.3 Å². The number of rotatable bonds is 18. The van der Waals surface area contributed by atoms with Gasteiger partial charge in [0.05, 0.1) is 26.6 Å². The Hall–Kier alpha value is -3.38. The highest BCUT2D eigenvalue weighted by atomic mass is 31.3. The molecular weight excluding hydrogens is 946 g/mol. The lowest BCUT2D eigenvalue weighted by Gasteiger charge is -2.22. The number of nitrogens with two attached hydrogens (primary N) is 2. The van der Waals surface area contributed by atoms with E-state index in [2.05, 4.69) is 63.7 Å². The number of nitrogens with zero attached hydrogens (tertiary/aromatic N) is 8. The van der Waals surface area contributed by atoms with Gasteiger partial charge in [-0.1, -0.05) is 25.8 Å². The van der Waals surface area contributed by atoms with Crippen LogP contribution in [0.2, 0.25) is 0 Å². The van der Waals surface area contributed by atoms with Gasteiger partial charge in [0.2, 0.25) is 12.2 Å². The minimum atomic E-state index is -6.11. The van der Waals surface area contributed by atoms with Gasteiger partial charge in [-0.2, -0.15) is 9.29 Å². The normalized spacial score (nSPS) is 27.5. The molecule has 6 heterocycles. The number of imidazole rings is 2. The first kappa shape index (κ1) is 51.6. The molecule has 12 N–H and O–H groups in total. The third-order valence-electron chi connectivity index (χ3n) is 9.65. The van der Waals surface area contributed by atoms with E-state index in [1.54, 1.807) is 0 Å². The highest BCUT2D eigenvalue weighted by Crippen LogP contribution is 2.70. The number of methoxy groups -OCH3 is 1. The first-order valence-electron chi connectivity index (χ1n) is 18.8. The van der Waals surface area contributed by atoms with Crippen molar-refractivity contribution >= 4 is 65.1 Å². The molecule has 2 aliphatic rings.